The zero-order chi connectivity index (χ0) is 32.7. The Kier molecular flexibility index (Phi) is 3.42. The zero-order valence-electron chi connectivity index (χ0n) is 28.6. The summed E-state index contributed by atoms with van der Waals surface area (Å²) in [6.45, 7) is 0. The standard InChI is InChI=1S/C38H24O/c1-3-13-25(14-4-1)27-21-11-23-33-37-32(22-12-24-34(37)39-38(27)33)36-30-19-9-7-17-28(30)35(26-15-5-2-6-16-26)29-18-8-10-20-31(29)36/h1-24H/i7D,8D,9D,10D,17D,18D,19D,20D. The minimum absolute atomic E-state index is 0.174. The van der Waals surface area contributed by atoms with E-state index in [9.17, 15) is 2.74 Å². The molecule has 182 valence electrons. The highest BCUT2D eigenvalue weighted by Crippen LogP contribution is 2.47. The van der Waals surface area contributed by atoms with E-state index >= 15 is 0 Å². The SMILES string of the molecule is [2H]c1c([2H])c([2H])c2c(-c3cccc4oc5c(-c6ccccc6)cccc5c34)c3c([2H])c([2H])c([2H])c([2H])c3c(-c3ccccc3)c2c1[2H]. The highest BCUT2D eigenvalue weighted by atomic mass is 16.3. The molecular formula is C38H24O. The second kappa shape index (κ2) is 8.72. The third kappa shape index (κ3) is 3.34. The first-order valence-corrected chi connectivity index (χ1v) is 12.7. The molecule has 8 aromatic rings. The summed E-state index contributed by atoms with van der Waals surface area (Å²) in [6.07, 6.45) is 0. The van der Waals surface area contributed by atoms with Crippen LogP contribution < -0.4 is 0 Å². The smallest absolute Gasteiger partial charge is 0.143 e. The second-order valence-corrected chi connectivity index (χ2v) is 9.45. The van der Waals surface area contributed by atoms with Gasteiger partial charge in [0.25, 0.3) is 0 Å². The van der Waals surface area contributed by atoms with Crippen molar-refractivity contribution < 1.29 is 15.4 Å². The predicted molar refractivity (Wildman–Crippen MR) is 165 cm³/mol. The van der Waals surface area contributed by atoms with Crippen LogP contribution in [0.1, 0.15) is 11.0 Å². The minimum atomic E-state index is -0.432. The predicted octanol–water partition coefficient (Wildman–Crippen LogP) is 10.9. The van der Waals surface area contributed by atoms with Crippen molar-refractivity contribution in [2.75, 3.05) is 0 Å². The molecular weight excluding hydrogens is 472 g/mol. The Labute approximate surface area is 237 Å². The molecule has 0 aliphatic rings. The van der Waals surface area contributed by atoms with E-state index in [2.05, 4.69) is 0 Å². The van der Waals surface area contributed by atoms with Gasteiger partial charge in [0.1, 0.15) is 11.2 Å². The minimum Gasteiger partial charge on any atom is -0.455 e. The molecule has 0 aliphatic carbocycles. The zero-order valence-corrected chi connectivity index (χ0v) is 20.6. The molecule has 0 radical (unpaired) electrons. The highest BCUT2D eigenvalue weighted by molar-refractivity contribution is 6.26. The van der Waals surface area contributed by atoms with E-state index in [-0.39, 0.29) is 45.7 Å². The van der Waals surface area contributed by atoms with Gasteiger partial charge in [-0.1, -0.05) is 139 Å². The summed E-state index contributed by atoms with van der Waals surface area (Å²) in [6, 6.07) is 27.2. The number of benzene rings is 7. The van der Waals surface area contributed by atoms with Crippen LogP contribution in [0.3, 0.4) is 0 Å². The topological polar surface area (TPSA) is 13.1 Å². The molecule has 1 aromatic heterocycles. The quantitative estimate of drug-likeness (QED) is 0.218. The van der Waals surface area contributed by atoms with Crippen LogP contribution in [0.2, 0.25) is 0 Å². The summed E-state index contributed by atoms with van der Waals surface area (Å²) in [5.74, 6) is 0. The van der Waals surface area contributed by atoms with Crippen LogP contribution in [-0.4, -0.2) is 0 Å². The monoisotopic (exact) mass is 504 g/mol. The first-order chi connectivity index (χ1) is 22.7. The van der Waals surface area contributed by atoms with Crippen molar-refractivity contribution in [2.45, 2.75) is 0 Å². The summed E-state index contributed by atoms with van der Waals surface area (Å²) in [4.78, 5) is 0. The van der Waals surface area contributed by atoms with Gasteiger partial charge in [-0.15, -0.1) is 0 Å². The second-order valence-electron chi connectivity index (χ2n) is 9.45. The van der Waals surface area contributed by atoms with Gasteiger partial charge in [0.2, 0.25) is 0 Å². The van der Waals surface area contributed by atoms with Crippen LogP contribution >= 0.6 is 0 Å². The van der Waals surface area contributed by atoms with Gasteiger partial charge in [-0.2, -0.15) is 0 Å². The number of para-hydroxylation sites is 1. The number of hydrogen-bond donors (Lipinski definition) is 0. The fourth-order valence-electron chi connectivity index (χ4n) is 5.69. The van der Waals surface area contributed by atoms with E-state index < -0.39 is 24.2 Å². The molecule has 1 nitrogen and oxygen atoms in total. The van der Waals surface area contributed by atoms with E-state index in [1.807, 2.05) is 66.7 Å². The Morgan fingerprint density at radius 2 is 0.974 bits per heavy atom. The van der Waals surface area contributed by atoms with Crippen molar-refractivity contribution in [1.82, 2.24) is 0 Å². The molecule has 39 heavy (non-hydrogen) atoms. The molecule has 0 saturated heterocycles. The van der Waals surface area contributed by atoms with Crippen LogP contribution in [-0.2, 0) is 0 Å². The Morgan fingerprint density at radius 3 is 1.62 bits per heavy atom. The molecule has 0 unspecified atom stereocenters. The first-order valence-electron chi connectivity index (χ1n) is 16.7. The van der Waals surface area contributed by atoms with Crippen molar-refractivity contribution in [1.29, 1.82) is 0 Å². The molecule has 0 atom stereocenters. The van der Waals surface area contributed by atoms with Crippen LogP contribution in [0.25, 0.3) is 76.9 Å². The largest absolute Gasteiger partial charge is 0.455 e. The lowest BCUT2D eigenvalue weighted by Crippen LogP contribution is -1.91. The van der Waals surface area contributed by atoms with Gasteiger partial charge in [0.05, 0.1) is 11.0 Å². The Bertz CT molecular complexity index is 2510. The van der Waals surface area contributed by atoms with Gasteiger partial charge in [0.15, 0.2) is 0 Å². The molecule has 1 heteroatoms. The lowest BCUT2D eigenvalue weighted by molar-refractivity contribution is 0.670. The van der Waals surface area contributed by atoms with Crippen molar-refractivity contribution in [3.8, 4) is 33.4 Å². The van der Waals surface area contributed by atoms with Crippen molar-refractivity contribution >= 4 is 43.5 Å². The molecule has 0 bridgehead atoms. The van der Waals surface area contributed by atoms with E-state index in [1.54, 1.807) is 30.3 Å². The first kappa shape index (κ1) is 15.3. The molecule has 0 spiro atoms. The van der Waals surface area contributed by atoms with Crippen LogP contribution in [0.5, 0.6) is 0 Å². The van der Waals surface area contributed by atoms with Crippen LogP contribution in [0.15, 0.2) is 150 Å². The summed E-state index contributed by atoms with van der Waals surface area (Å²) in [5, 5.41) is 2.16. The molecule has 1 heterocycles. The molecule has 0 aliphatic heterocycles. The summed E-state index contributed by atoms with van der Waals surface area (Å²) in [7, 11) is 0. The van der Waals surface area contributed by atoms with E-state index in [0.717, 1.165) is 16.5 Å². The summed E-state index contributed by atoms with van der Waals surface area (Å²) >= 11 is 0. The van der Waals surface area contributed by atoms with Gasteiger partial charge in [-0.05, 0) is 55.4 Å². The fourth-order valence-corrected chi connectivity index (χ4v) is 5.69. The van der Waals surface area contributed by atoms with E-state index in [1.165, 1.54) is 0 Å². The summed E-state index contributed by atoms with van der Waals surface area (Å²) < 4.78 is 78.0. The van der Waals surface area contributed by atoms with Gasteiger partial charge in [0, 0.05) is 16.3 Å². The van der Waals surface area contributed by atoms with Crippen LogP contribution in [0, 0.1) is 0 Å². The Hall–Kier alpha value is -5.14. The molecule has 0 fully saturated rings. The van der Waals surface area contributed by atoms with Crippen LogP contribution in [0.4, 0.5) is 0 Å². The lowest BCUT2D eigenvalue weighted by atomic mass is 9.85. The fraction of sp³-hybridized carbons (Fsp3) is 0. The number of fused-ring (bicyclic) bond motifs is 5. The molecule has 0 N–H and O–H groups in total. The van der Waals surface area contributed by atoms with Crippen molar-refractivity contribution in [2.24, 2.45) is 0 Å². The Morgan fingerprint density at radius 1 is 0.436 bits per heavy atom. The average molecular weight is 505 g/mol. The Balaban J connectivity index is 1.67. The van der Waals surface area contributed by atoms with Gasteiger partial charge < -0.3 is 4.42 Å². The normalized spacial score (nSPS) is 14.5. The van der Waals surface area contributed by atoms with E-state index in [0.29, 0.717) is 38.8 Å². The maximum Gasteiger partial charge on any atom is 0.143 e. The highest BCUT2D eigenvalue weighted by Gasteiger charge is 2.20. The van der Waals surface area contributed by atoms with Gasteiger partial charge >= 0.3 is 0 Å². The van der Waals surface area contributed by atoms with Gasteiger partial charge in [-0.25, -0.2) is 0 Å². The molecule has 8 rings (SSSR count). The maximum absolute atomic E-state index is 9.24. The number of rotatable bonds is 3. The molecule has 0 saturated carbocycles. The van der Waals surface area contributed by atoms with Crippen molar-refractivity contribution in [3.05, 3.63) is 145 Å². The number of furan rings is 1. The number of hydrogen-bond acceptors (Lipinski definition) is 1. The van der Waals surface area contributed by atoms with E-state index in [4.69, 9.17) is 12.6 Å². The maximum atomic E-state index is 9.24. The summed E-state index contributed by atoms with van der Waals surface area (Å²) in [5.41, 5.74) is 4.75. The van der Waals surface area contributed by atoms with Gasteiger partial charge in [-0.3, -0.25) is 0 Å². The lowest BCUT2D eigenvalue weighted by Gasteiger charge is -2.18. The molecule has 7 aromatic carbocycles. The van der Waals surface area contributed by atoms with Crippen molar-refractivity contribution in [3.63, 3.8) is 0 Å². The average Bonchev–Trinajstić information content (AvgIpc) is 3.50. The molecule has 0 amide bonds. The third-order valence-corrected chi connectivity index (χ3v) is 7.31. The third-order valence-electron chi connectivity index (χ3n) is 7.31.